The molecule has 0 saturated heterocycles. The van der Waals surface area contributed by atoms with Gasteiger partial charge in [-0.25, -0.2) is 4.79 Å². The number of hydrogen-bond donors (Lipinski definition) is 2. The smallest absolute Gasteiger partial charge is 0.331 e. The molecule has 0 aliphatic heterocycles. The van der Waals surface area contributed by atoms with Crippen LogP contribution in [0.1, 0.15) is 70.8 Å². The number of nitrogens with one attached hydrogen (secondary N) is 1. The summed E-state index contributed by atoms with van der Waals surface area (Å²) in [5.74, 6) is -0.264. The summed E-state index contributed by atoms with van der Waals surface area (Å²) in [6.07, 6.45) is 10.1. The maximum Gasteiger partial charge on any atom is 0.331 e. The lowest BCUT2D eigenvalue weighted by atomic mass is 9.97. The van der Waals surface area contributed by atoms with Gasteiger partial charge in [-0.3, -0.25) is 19.3 Å². The quantitative estimate of drug-likeness (QED) is 0.559. The van der Waals surface area contributed by atoms with Gasteiger partial charge in [0.25, 0.3) is 5.56 Å². The average Bonchev–Trinajstić information content (AvgIpc) is 2.61. The van der Waals surface area contributed by atoms with Crippen LogP contribution in [-0.2, 0) is 6.54 Å². The zero-order valence-corrected chi connectivity index (χ0v) is 15.3. The fourth-order valence-corrected chi connectivity index (χ4v) is 3.18. The minimum absolute atomic E-state index is 0.135. The van der Waals surface area contributed by atoms with E-state index < -0.39 is 11.2 Å². The summed E-state index contributed by atoms with van der Waals surface area (Å²) in [5, 5.41) is 10.5. The lowest BCUT2D eigenvalue weighted by molar-refractivity contribution is 0.394. The molecule has 0 amide bonds. The standard InChI is InChI=1S/C19H29N3O3/c1-3-5-13-22-18(24)16(17(23)21-19(22)25)15(4-2)20-12-11-14-9-7-6-8-10-14/h9,24H,3-8,10-13H2,1-2H3,(H,21,23,25). The lowest BCUT2D eigenvalue weighted by Gasteiger charge is -2.13. The number of nitrogens with zero attached hydrogens (tertiary/aromatic N) is 2. The summed E-state index contributed by atoms with van der Waals surface area (Å²) in [7, 11) is 0. The summed E-state index contributed by atoms with van der Waals surface area (Å²) in [6.45, 7) is 4.89. The molecule has 1 heterocycles. The first-order chi connectivity index (χ1) is 12.1. The lowest BCUT2D eigenvalue weighted by Crippen LogP contribution is -2.34. The molecule has 0 fully saturated rings. The molecule has 0 aromatic carbocycles. The first-order valence-electron chi connectivity index (χ1n) is 9.36. The Morgan fingerprint density at radius 3 is 2.76 bits per heavy atom. The Kier molecular flexibility index (Phi) is 7.22. The Bertz CT molecular complexity index is 756. The van der Waals surface area contributed by atoms with Crippen molar-refractivity contribution in [3.63, 3.8) is 0 Å². The van der Waals surface area contributed by atoms with Gasteiger partial charge in [-0.1, -0.05) is 31.9 Å². The van der Waals surface area contributed by atoms with E-state index in [0.29, 0.717) is 25.2 Å². The van der Waals surface area contributed by atoms with Crippen molar-refractivity contribution in [1.82, 2.24) is 9.55 Å². The van der Waals surface area contributed by atoms with Crippen molar-refractivity contribution in [2.45, 2.75) is 71.8 Å². The monoisotopic (exact) mass is 347 g/mol. The summed E-state index contributed by atoms with van der Waals surface area (Å²) in [4.78, 5) is 31.1. The molecular weight excluding hydrogens is 318 g/mol. The van der Waals surface area contributed by atoms with Gasteiger partial charge in [0.15, 0.2) is 0 Å². The van der Waals surface area contributed by atoms with Crippen LogP contribution >= 0.6 is 0 Å². The highest BCUT2D eigenvalue weighted by Crippen LogP contribution is 2.20. The zero-order chi connectivity index (χ0) is 18.2. The van der Waals surface area contributed by atoms with Crippen LogP contribution in [0.15, 0.2) is 26.2 Å². The van der Waals surface area contributed by atoms with Crippen molar-refractivity contribution in [2.75, 3.05) is 6.54 Å². The molecule has 0 atom stereocenters. The van der Waals surface area contributed by atoms with Crippen LogP contribution < -0.4 is 11.2 Å². The topological polar surface area (TPSA) is 87.4 Å². The number of aromatic amines is 1. The normalized spacial score (nSPS) is 15.3. The molecule has 1 aromatic heterocycles. The summed E-state index contributed by atoms with van der Waals surface area (Å²) in [6, 6.07) is 0. The van der Waals surface area contributed by atoms with Crippen molar-refractivity contribution in [3.05, 3.63) is 38.1 Å². The SMILES string of the molecule is CCCCn1c(O)c(C(CC)=NCCC2=CCCCC2)c(=O)[nH]c1=O. The average molecular weight is 347 g/mol. The van der Waals surface area contributed by atoms with Gasteiger partial charge in [0.1, 0.15) is 5.56 Å². The highest BCUT2D eigenvalue weighted by molar-refractivity contribution is 6.01. The van der Waals surface area contributed by atoms with Gasteiger partial charge in [-0.2, -0.15) is 0 Å². The number of unbranched alkanes of at least 4 members (excludes halogenated alkanes) is 1. The second-order valence-corrected chi connectivity index (χ2v) is 6.50. The van der Waals surface area contributed by atoms with Crippen molar-refractivity contribution in [2.24, 2.45) is 4.99 Å². The molecule has 1 aliphatic rings. The van der Waals surface area contributed by atoms with E-state index >= 15 is 0 Å². The van der Waals surface area contributed by atoms with E-state index in [1.54, 1.807) is 0 Å². The zero-order valence-electron chi connectivity index (χ0n) is 15.3. The van der Waals surface area contributed by atoms with Gasteiger partial charge < -0.3 is 5.11 Å². The molecule has 1 aliphatic carbocycles. The molecule has 2 rings (SSSR count). The van der Waals surface area contributed by atoms with E-state index in [4.69, 9.17) is 0 Å². The van der Waals surface area contributed by atoms with Crippen LogP contribution in [-0.4, -0.2) is 26.9 Å². The van der Waals surface area contributed by atoms with Gasteiger partial charge in [-0.15, -0.1) is 0 Å². The van der Waals surface area contributed by atoms with Crippen LogP contribution in [0.3, 0.4) is 0 Å². The third kappa shape index (κ3) is 4.94. The molecule has 0 radical (unpaired) electrons. The Balaban J connectivity index is 2.26. The second-order valence-electron chi connectivity index (χ2n) is 6.50. The highest BCUT2D eigenvalue weighted by Gasteiger charge is 2.18. The van der Waals surface area contributed by atoms with E-state index in [2.05, 4.69) is 16.1 Å². The molecule has 6 nitrogen and oxygen atoms in total. The molecule has 0 spiro atoms. The number of hydrogen-bond acceptors (Lipinski definition) is 4. The molecule has 1 aromatic rings. The molecule has 0 bridgehead atoms. The molecule has 138 valence electrons. The van der Waals surface area contributed by atoms with E-state index in [9.17, 15) is 14.7 Å². The van der Waals surface area contributed by atoms with Gasteiger partial charge in [0.05, 0.1) is 5.71 Å². The van der Waals surface area contributed by atoms with E-state index in [1.165, 1.54) is 23.0 Å². The maximum absolute atomic E-state index is 12.2. The molecule has 6 heteroatoms. The summed E-state index contributed by atoms with van der Waals surface area (Å²) >= 11 is 0. The fraction of sp³-hybridized carbons (Fsp3) is 0.632. The highest BCUT2D eigenvalue weighted by atomic mass is 16.3. The van der Waals surface area contributed by atoms with Crippen LogP contribution in [0.2, 0.25) is 0 Å². The van der Waals surface area contributed by atoms with Crippen molar-refractivity contribution >= 4 is 5.71 Å². The van der Waals surface area contributed by atoms with Gasteiger partial charge >= 0.3 is 5.69 Å². The minimum Gasteiger partial charge on any atom is -0.494 e. The van der Waals surface area contributed by atoms with Crippen LogP contribution in [0.5, 0.6) is 5.88 Å². The van der Waals surface area contributed by atoms with E-state index in [0.717, 1.165) is 32.1 Å². The molecule has 0 saturated carbocycles. The number of rotatable bonds is 8. The number of aromatic nitrogens is 2. The third-order valence-corrected chi connectivity index (χ3v) is 4.65. The van der Waals surface area contributed by atoms with Gasteiger partial charge in [-0.05, 0) is 44.9 Å². The predicted octanol–water partition coefficient (Wildman–Crippen LogP) is 3.13. The van der Waals surface area contributed by atoms with Crippen molar-refractivity contribution in [1.29, 1.82) is 0 Å². The maximum atomic E-state index is 12.2. The minimum atomic E-state index is -0.567. The largest absolute Gasteiger partial charge is 0.494 e. The van der Waals surface area contributed by atoms with Crippen LogP contribution in [0.4, 0.5) is 0 Å². The van der Waals surface area contributed by atoms with Crippen molar-refractivity contribution in [3.8, 4) is 5.88 Å². The summed E-state index contributed by atoms with van der Waals surface area (Å²) in [5.41, 5.74) is 0.989. The van der Waals surface area contributed by atoms with Crippen LogP contribution in [0.25, 0.3) is 0 Å². The van der Waals surface area contributed by atoms with Crippen molar-refractivity contribution < 1.29 is 5.11 Å². The number of aromatic hydroxyl groups is 1. The fourth-order valence-electron chi connectivity index (χ4n) is 3.18. The van der Waals surface area contributed by atoms with E-state index in [-0.39, 0.29) is 11.4 Å². The van der Waals surface area contributed by atoms with Gasteiger partial charge in [0, 0.05) is 13.1 Å². The predicted molar refractivity (Wildman–Crippen MR) is 101 cm³/mol. The Morgan fingerprint density at radius 1 is 1.32 bits per heavy atom. The van der Waals surface area contributed by atoms with Crippen LogP contribution in [0, 0.1) is 0 Å². The number of allylic oxidation sites excluding steroid dienone is 1. The number of aliphatic imine (C=N–C) groups is 1. The second kappa shape index (κ2) is 9.39. The first kappa shape index (κ1) is 19.2. The molecule has 2 N–H and O–H groups in total. The summed E-state index contributed by atoms with van der Waals surface area (Å²) < 4.78 is 1.23. The molecule has 25 heavy (non-hydrogen) atoms. The third-order valence-electron chi connectivity index (χ3n) is 4.65. The van der Waals surface area contributed by atoms with Gasteiger partial charge in [0.2, 0.25) is 5.88 Å². The number of H-pyrrole nitrogens is 1. The first-order valence-corrected chi connectivity index (χ1v) is 9.36. The Hall–Kier alpha value is -2.11. The Labute approximate surface area is 148 Å². The van der Waals surface area contributed by atoms with E-state index in [1.807, 2.05) is 13.8 Å². The Morgan fingerprint density at radius 2 is 2.12 bits per heavy atom. The molecular formula is C19H29N3O3. The molecule has 0 unspecified atom stereocenters.